The molecule has 0 aromatic heterocycles. The zero-order valence-electron chi connectivity index (χ0n) is 18.7. The smallest absolute Gasteiger partial charge is 0.239 e. The van der Waals surface area contributed by atoms with E-state index in [0.29, 0.717) is 12.6 Å². The molecule has 0 radical (unpaired) electrons. The first-order chi connectivity index (χ1) is 15.7. The second-order valence-corrected chi connectivity index (χ2v) is 8.32. The third-order valence-electron chi connectivity index (χ3n) is 6.14. The number of guanidine groups is 1. The highest BCUT2D eigenvalue weighted by atomic mass is 16.5. The molecule has 2 heterocycles. The average Bonchev–Trinajstić information content (AvgIpc) is 3.26. The molecule has 2 aliphatic heterocycles. The number of nitrogens with one attached hydrogen (secondary N) is 2. The lowest BCUT2D eigenvalue weighted by Crippen LogP contribution is -2.50. The lowest BCUT2D eigenvalue weighted by molar-refractivity contribution is -0.120. The Morgan fingerprint density at radius 3 is 2.47 bits per heavy atom. The van der Waals surface area contributed by atoms with Gasteiger partial charge in [0.15, 0.2) is 5.96 Å². The quantitative estimate of drug-likeness (QED) is 0.510. The lowest BCUT2D eigenvalue weighted by atomic mass is 10.1. The van der Waals surface area contributed by atoms with Gasteiger partial charge in [-0.05, 0) is 17.5 Å². The van der Waals surface area contributed by atoms with Crippen LogP contribution in [0.1, 0.15) is 11.1 Å². The Hall–Kier alpha value is -2.90. The van der Waals surface area contributed by atoms with Crippen LogP contribution in [0, 0.1) is 0 Å². The predicted octanol–water partition coefficient (Wildman–Crippen LogP) is 1.51. The van der Waals surface area contributed by atoms with Crippen molar-refractivity contribution in [1.29, 1.82) is 0 Å². The largest absolute Gasteiger partial charge is 0.373 e. The number of morpholine rings is 1. The van der Waals surface area contributed by atoms with Gasteiger partial charge in [0, 0.05) is 39.8 Å². The summed E-state index contributed by atoms with van der Waals surface area (Å²) < 4.78 is 6.07. The number of amides is 1. The zero-order valence-corrected chi connectivity index (χ0v) is 18.7. The fraction of sp³-hybridized carbons (Fsp3) is 0.440. The molecule has 2 aliphatic rings. The van der Waals surface area contributed by atoms with Crippen LogP contribution >= 0.6 is 0 Å². The van der Waals surface area contributed by atoms with E-state index in [4.69, 9.17) is 4.74 Å². The molecule has 2 unspecified atom stereocenters. The summed E-state index contributed by atoms with van der Waals surface area (Å²) in [5.41, 5.74) is 2.54. The van der Waals surface area contributed by atoms with E-state index in [1.807, 2.05) is 18.2 Å². The number of carbonyl (C=O) groups is 1. The average molecular weight is 436 g/mol. The first-order valence-electron chi connectivity index (χ1n) is 11.4. The molecule has 2 fully saturated rings. The van der Waals surface area contributed by atoms with Crippen molar-refractivity contribution in [3.63, 3.8) is 0 Å². The number of aliphatic imine (C=N–C) groups is 1. The van der Waals surface area contributed by atoms with Crippen molar-refractivity contribution in [2.24, 2.45) is 4.99 Å². The van der Waals surface area contributed by atoms with Gasteiger partial charge in [0.25, 0.3) is 0 Å². The number of hydrogen-bond donors (Lipinski definition) is 2. The molecule has 4 rings (SSSR count). The minimum absolute atomic E-state index is 0.0272. The summed E-state index contributed by atoms with van der Waals surface area (Å²) in [4.78, 5) is 21.4. The van der Waals surface area contributed by atoms with Gasteiger partial charge in [-0.15, -0.1) is 0 Å². The number of ether oxygens (including phenoxy) is 1. The Morgan fingerprint density at radius 2 is 1.75 bits per heavy atom. The Labute approximate surface area is 190 Å². The monoisotopic (exact) mass is 435 g/mol. The highest BCUT2D eigenvalue weighted by molar-refractivity contribution is 5.86. The molecular formula is C25H33N5O2. The maximum atomic E-state index is 12.3. The first-order valence-corrected chi connectivity index (χ1v) is 11.4. The minimum atomic E-state index is -0.0272. The number of carbonyl (C=O) groups excluding carboxylic acids is 1. The standard InChI is InChI=1S/C25H33N5O2/c1-26-25(28-16-24(31)27-13-12-20-8-4-2-5-9-20)30-18-22-23(19-30)32-15-14-29(22)17-21-10-6-3-7-11-21/h2-11,22-23H,12-19H2,1H3,(H,26,28)(H,27,31). The third-order valence-corrected chi connectivity index (χ3v) is 6.14. The van der Waals surface area contributed by atoms with Crippen LogP contribution in [0.3, 0.4) is 0 Å². The normalized spacial score (nSPS) is 21.3. The summed E-state index contributed by atoms with van der Waals surface area (Å²) in [6, 6.07) is 21.1. The van der Waals surface area contributed by atoms with Gasteiger partial charge in [-0.2, -0.15) is 0 Å². The molecule has 0 aliphatic carbocycles. The van der Waals surface area contributed by atoms with Gasteiger partial charge in [0.1, 0.15) is 0 Å². The Morgan fingerprint density at radius 1 is 1.03 bits per heavy atom. The Kier molecular flexibility index (Phi) is 7.74. The number of likely N-dealkylation sites (tertiary alicyclic amines) is 1. The number of nitrogens with zero attached hydrogens (tertiary/aromatic N) is 3. The molecule has 1 amide bonds. The van der Waals surface area contributed by atoms with E-state index in [0.717, 1.165) is 45.2 Å². The van der Waals surface area contributed by atoms with Crippen LogP contribution in [0.4, 0.5) is 0 Å². The van der Waals surface area contributed by atoms with Gasteiger partial charge in [0.2, 0.25) is 5.91 Å². The zero-order chi connectivity index (χ0) is 22.2. The number of fused-ring (bicyclic) bond motifs is 1. The predicted molar refractivity (Wildman–Crippen MR) is 126 cm³/mol. The molecule has 7 heteroatoms. The van der Waals surface area contributed by atoms with Crippen LogP contribution in [0.25, 0.3) is 0 Å². The van der Waals surface area contributed by atoms with E-state index in [9.17, 15) is 4.79 Å². The van der Waals surface area contributed by atoms with Gasteiger partial charge >= 0.3 is 0 Å². The molecule has 2 N–H and O–H groups in total. The Balaban J connectivity index is 1.25. The van der Waals surface area contributed by atoms with Crippen LogP contribution in [-0.4, -0.2) is 80.2 Å². The number of rotatable bonds is 7. The molecule has 2 atom stereocenters. The molecular weight excluding hydrogens is 402 g/mol. The van der Waals surface area contributed by atoms with Crippen LogP contribution in [-0.2, 0) is 22.5 Å². The minimum Gasteiger partial charge on any atom is -0.373 e. The molecule has 0 bridgehead atoms. The van der Waals surface area contributed by atoms with Gasteiger partial charge in [-0.1, -0.05) is 60.7 Å². The van der Waals surface area contributed by atoms with Crippen molar-refractivity contribution < 1.29 is 9.53 Å². The van der Waals surface area contributed by atoms with Crippen molar-refractivity contribution in [1.82, 2.24) is 20.4 Å². The molecule has 2 saturated heterocycles. The molecule has 32 heavy (non-hydrogen) atoms. The van der Waals surface area contributed by atoms with E-state index < -0.39 is 0 Å². The second-order valence-electron chi connectivity index (χ2n) is 8.32. The fourth-order valence-corrected chi connectivity index (χ4v) is 4.49. The van der Waals surface area contributed by atoms with Crippen LogP contribution in [0.2, 0.25) is 0 Å². The van der Waals surface area contributed by atoms with Crippen LogP contribution in [0.5, 0.6) is 0 Å². The number of hydrogen-bond acceptors (Lipinski definition) is 4. The summed E-state index contributed by atoms with van der Waals surface area (Å²) in [6.45, 7) is 5.06. The van der Waals surface area contributed by atoms with Crippen molar-refractivity contribution in [3.8, 4) is 0 Å². The van der Waals surface area contributed by atoms with E-state index in [1.54, 1.807) is 7.05 Å². The second kappa shape index (κ2) is 11.1. The summed E-state index contributed by atoms with van der Waals surface area (Å²) in [5, 5.41) is 6.20. The van der Waals surface area contributed by atoms with Crippen molar-refractivity contribution in [2.75, 3.05) is 46.4 Å². The molecule has 0 saturated carbocycles. The summed E-state index contributed by atoms with van der Waals surface area (Å²) in [6.07, 6.45) is 0.983. The molecule has 2 aromatic carbocycles. The van der Waals surface area contributed by atoms with Gasteiger partial charge in [-0.3, -0.25) is 14.7 Å². The Bertz CT molecular complexity index is 890. The van der Waals surface area contributed by atoms with Crippen molar-refractivity contribution >= 4 is 11.9 Å². The summed E-state index contributed by atoms with van der Waals surface area (Å²) >= 11 is 0. The maximum Gasteiger partial charge on any atom is 0.239 e. The maximum absolute atomic E-state index is 12.3. The number of benzene rings is 2. The van der Waals surface area contributed by atoms with Crippen molar-refractivity contribution in [2.45, 2.75) is 25.1 Å². The third kappa shape index (κ3) is 5.87. The van der Waals surface area contributed by atoms with Gasteiger partial charge in [0.05, 0.1) is 25.3 Å². The highest BCUT2D eigenvalue weighted by Crippen LogP contribution is 2.24. The van der Waals surface area contributed by atoms with E-state index in [2.05, 4.69) is 67.9 Å². The van der Waals surface area contributed by atoms with Crippen LogP contribution in [0.15, 0.2) is 65.7 Å². The lowest BCUT2D eigenvalue weighted by Gasteiger charge is -2.36. The fourth-order valence-electron chi connectivity index (χ4n) is 4.49. The summed E-state index contributed by atoms with van der Waals surface area (Å²) in [7, 11) is 1.76. The molecule has 170 valence electrons. The molecule has 7 nitrogen and oxygen atoms in total. The van der Waals surface area contributed by atoms with Gasteiger partial charge in [-0.25, -0.2) is 0 Å². The molecule has 2 aromatic rings. The van der Waals surface area contributed by atoms with Gasteiger partial charge < -0.3 is 20.3 Å². The van der Waals surface area contributed by atoms with E-state index >= 15 is 0 Å². The summed E-state index contributed by atoms with van der Waals surface area (Å²) in [5.74, 6) is 0.724. The SMILES string of the molecule is CN=C(NCC(=O)NCCc1ccccc1)N1CC2OCCN(Cc3ccccc3)C2C1. The topological polar surface area (TPSA) is 69.2 Å². The first kappa shape index (κ1) is 22.3. The van der Waals surface area contributed by atoms with E-state index in [-0.39, 0.29) is 18.6 Å². The van der Waals surface area contributed by atoms with Crippen molar-refractivity contribution in [3.05, 3.63) is 71.8 Å². The van der Waals surface area contributed by atoms with E-state index in [1.165, 1.54) is 11.1 Å². The highest BCUT2D eigenvalue weighted by Gasteiger charge is 2.41. The van der Waals surface area contributed by atoms with Crippen LogP contribution < -0.4 is 10.6 Å². The molecule has 0 spiro atoms.